The van der Waals surface area contributed by atoms with Crippen molar-refractivity contribution in [2.45, 2.75) is 40.2 Å². The number of nitrogens with zero attached hydrogens (tertiary/aromatic N) is 4. The van der Waals surface area contributed by atoms with E-state index < -0.39 is 0 Å². The van der Waals surface area contributed by atoms with Gasteiger partial charge in [0, 0.05) is 38.1 Å². The van der Waals surface area contributed by atoms with Crippen molar-refractivity contribution < 1.29 is 0 Å². The lowest BCUT2D eigenvalue weighted by Gasteiger charge is -2.11. The second-order valence-electron chi connectivity index (χ2n) is 6.90. The van der Waals surface area contributed by atoms with Gasteiger partial charge in [-0.1, -0.05) is 18.2 Å². The Morgan fingerprint density at radius 3 is 2.75 bits per heavy atom. The van der Waals surface area contributed by atoms with Crippen molar-refractivity contribution in [3.63, 3.8) is 0 Å². The molecule has 28 heavy (non-hydrogen) atoms. The van der Waals surface area contributed by atoms with E-state index in [2.05, 4.69) is 69.3 Å². The highest BCUT2D eigenvalue weighted by Gasteiger charge is 2.06. The third-order valence-electron chi connectivity index (χ3n) is 4.68. The van der Waals surface area contributed by atoms with Gasteiger partial charge in [-0.2, -0.15) is 0 Å². The summed E-state index contributed by atoms with van der Waals surface area (Å²) < 4.78 is 2.27. The van der Waals surface area contributed by atoms with Gasteiger partial charge in [0.15, 0.2) is 5.96 Å². The Morgan fingerprint density at radius 1 is 1.11 bits per heavy atom. The average Bonchev–Trinajstić information content (AvgIpc) is 3.02. The monoisotopic (exact) mass is 378 g/mol. The predicted octanol–water partition coefficient (Wildman–Crippen LogP) is 3.24. The third kappa shape index (κ3) is 5.31. The summed E-state index contributed by atoms with van der Waals surface area (Å²) in [6.45, 7) is 9.53. The first-order valence-corrected chi connectivity index (χ1v) is 10.0. The van der Waals surface area contributed by atoms with Gasteiger partial charge in [0.05, 0.1) is 11.0 Å². The molecular formula is C22H30N6. The number of pyridine rings is 1. The van der Waals surface area contributed by atoms with Gasteiger partial charge < -0.3 is 15.2 Å². The minimum absolute atomic E-state index is 0.771. The summed E-state index contributed by atoms with van der Waals surface area (Å²) in [7, 11) is 0. The number of guanidine groups is 1. The summed E-state index contributed by atoms with van der Waals surface area (Å²) in [5.74, 6) is 1.93. The van der Waals surface area contributed by atoms with E-state index in [9.17, 15) is 0 Å². The molecule has 0 spiro atoms. The van der Waals surface area contributed by atoms with Gasteiger partial charge in [-0.05, 0) is 57.4 Å². The molecule has 3 aromatic rings. The summed E-state index contributed by atoms with van der Waals surface area (Å²) >= 11 is 0. The summed E-state index contributed by atoms with van der Waals surface area (Å²) in [5, 5.41) is 6.73. The van der Waals surface area contributed by atoms with Gasteiger partial charge in [-0.15, -0.1) is 0 Å². The summed E-state index contributed by atoms with van der Waals surface area (Å²) in [5.41, 5.74) is 4.54. The largest absolute Gasteiger partial charge is 0.357 e. The number of imidazole rings is 1. The van der Waals surface area contributed by atoms with Crippen LogP contribution in [0.4, 0.5) is 0 Å². The van der Waals surface area contributed by atoms with E-state index in [1.165, 1.54) is 11.1 Å². The number of hydrogen-bond donors (Lipinski definition) is 2. The molecule has 2 aromatic heterocycles. The van der Waals surface area contributed by atoms with Gasteiger partial charge in [0.25, 0.3) is 0 Å². The second kappa shape index (κ2) is 9.88. The number of aliphatic imine (C=N–C) groups is 1. The highest BCUT2D eigenvalue weighted by Crippen LogP contribution is 2.15. The lowest BCUT2D eigenvalue weighted by molar-refractivity contribution is 0.646. The standard InChI is InChI=1S/C22H30N6/c1-4-23-22(25-14-12-19-11-10-17(2)26-16-19)24-13-7-15-28-18(3)27-20-8-5-6-9-21(20)28/h5-6,8-11,16H,4,7,12-15H2,1-3H3,(H2,23,24,25). The fourth-order valence-electron chi connectivity index (χ4n) is 3.21. The van der Waals surface area contributed by atoms with E-state index in [-0.39, 0.29) is 0 Å². The number of aromatic nitrogens is 3. The fraction of sp³-hybridized carbons (Fsp3) is 0.409. The Morgan fingerprint density at radius 2 is 1.96 bits per heavy atom. The number of hydrogen-bond acceptors (Lipinski definition) is 3. The maximum absolute atomic E-state index is 4.71. The van der Waals surface area contributed by atoms with E-state index in [1.807, 2.05) is 19.2 Å². The van der Waals surface area contributed by atoms with Crippen LogP contribution < -0.4 is 10.6 Å². The molecule has 6 nitrogen and oxygen atoms in total. The topological polar surface area (TPSA) is 67.1 Å². The minimum atomic E-state index is 0.771. The van der Waals surface area contributed by atoms with Crippen LogP contribution in [0.2, 0.25) is 0 Å². The van der Waals surface area contributed by atoms with Crippen molar-refractivity contribution >= 4 is 17.0 Å². The van der Waals surface area contributed by atoms with E-state index >= 15 is 0 Å². The highest BCUT2D eigenvalue weighted by molar-refractivity contribution is 5.79. The van der Waals surface area contributed by atoms with E-state index in [0.29, 0.717) is 0 Å². The molecule has 3 rings (SSSR count). The molecular weight excluding hydrogens is 348 g/mol. The van der Waals surface area contributed by atoms with Crippen LogP contribution in [0.15, 0.2) is 47.6 Å². The maximum Gasteiger partial charge on any atom is 0.191 e. The molecule has 0 fully saturated rings. The molecule has 0 aliphatic heterocycles. The van der Waals surface area contributed by atoms with Crippen molar-refractivity contribution in [2.24, 2.45) is 4.99 Å². The SMILES string of the molecule is CCNC(=NCCCn1c(C)nc2ccccc21)NCCc1ccc(C)nc1. The van der Waals surface area contributed by atoms with Crippen molar-refractivity contribution in [3.05, 3.63) is 59.7 Å². The van der Waals surface area contributed by atoms with E-state index in [4.69, 9.17) is 4.99 Å². The molecule has 2 N–H and O–H groups in total. The Kier molecular flexibility index (Phi) is 7.00. The van der Waals surface area contributed by atoms with Crippen LogP contribution in [-0.4, -0.2) is 40.1 Å². The van der Waals surface area contributed by atoms with Gasteiger partial charge in [-0.3, -0.25) is 9.98 Å². The zero-order valence-corrected chi connectivity index (χ0v) is 17.1. The van der Waals surface area contributed by atoms with Crippen LogP contribution in [0.25, 0.3) is 11.0 Å². The number of benzene rings is 1. The van der Waals surface area contributed by atoms with E-state index in [0.717, 1.165) is 62.0 Å². The molecule has 0 aliphatic rings. The molecule has 6 heteroatoms. The Labute approximate surface area is 167 Å². The molecule has 0 atom stereocenters. The van der Waals surface area contributed by atoms with Crippen LogP contribution in [0.1, 0.15) is 30.4 Å². The molecule has 148 valence electrons. The molecule has 0 amide bonds. The average molecular weight is 379 g/mol. The zero-order valence-electron chi connectivity index (χ0n) is 17.1. The van der Waals surface area contributed by atoms with Crippen LogP contribution in [0.5, 0.6) is 0 Å². The second-order valence-corrected chi connectivity index (χ2v) is 6.90. The molecule has 0 aliphatic carbocycles. The quantitative estimate of drug-likeness (QED) is 0.359. The molecule has 1 aromatic carbocycles. The predicted molar refractivity (Wildman–Crippen MR) is 116 cm³/mol. The number of para-hydroxylation sites is 2. The first-order chi connectivity index (χ1) is 13.7. The number of nitrogens with one attached hydrogen (secondary N) is 2. The maximum atomic E-state index is 4.71. The van der Waals surface area contributed by atoms with E-state index in [1.54, 1.807) is 0 Å². The summed E-state index contributed by atoms with van der Waals surface area (Å²) in [4.78, 5) is 13.7. The van der Waals surface area contributed by atoms with Crippen LogP contribution in [0, 0.1) is 13.8 Å². The molecule has 0 unspecified atom stereocenters. The zero-order chi connectivity index (χ0) is 19.8. The normalized spacial score (nSPS) is 11.8. The van der Waals surface area contributed by atoms with Gasteiger partial charge >= 0.3 is 0 Å². The molecule has 0 saturated carbocycles. The smallest absolute Gasteiger partial charge is 0.191 e. The van der Waals surface area contributed by atoms with Crippen LogP contribution in [-0.2, 0) is 13.0 Å². The fourth-order valence-corrected chi connectivity index (χ4v) is 3.21. The van der Waals surface area contributed by atoms with Crippen molar-refractivity contribution in [1.29, 1.82) is 0 Å². The van der Waals surface area contributed by atoms with Crippen molar-refractivity contribution in [3.8, 4) is 0 Å². The van der Waals surface area contributed by atoms with Crippen LogP contribution in [0.3, 0.4) is 0 Å². The number of fused-ring (bicyclic) bond motifs is 1. The number of rotatable bonds is 8. The molecule has 0 saturated heterocycles. The van der Waals surface area contributed by atoms with Crippen LogP contribution >= 0.6 is 0 Å². The Bertz CT molecular complexity index is 910. The molecule has 2 heterocycles. The first-order valence-electron chi connectivity index (χ1n) is 10.0. The van der Waals surface area contributed by atoms with Gasteiger partial charge in [0.1, 0.15) is 5.82 Å². The Balaban J connectivity index is 1.49. The lowest BCUT2D eigenvalue weighted by Crippen LogP contribution is -2.38. The number of aryl methyl sites for hydroxylation is 3. The molecule has 0 bridgehead atoms. The van der Waals surface area contributed by atoms with Gasteiger partial charge in [-0.25, -0.2) is 4.98 Å². The molecule has 0 radical (unpaired) electrons. The Hall–Kier alpha value is -2.89. The first kappa shape index (κ1) is 19.9. The van der Waals surface area contributed by atoms with Crippen molar-refractivity contribution in [2.75, 3.05) is 19.6 Å². The lowest BCUT2D eigenvalue weighted by atomic mass is 10.2. The minimum Gasteiger partial charge on any atom is -0.357 e. The highest BCUT2D eigenvalue weighted by atomic mass is 15.2. The van der Waals surface area contributed by atoms with Gasteiger partial charge in [0.2, 0.25) is 0 Å². The summed E-state index contributed by atoms with van der Waals surface area (Å²) in [6, 6.07) is 12.5. The summed E-state index contributed by atoms with van der Waals surface area (Å²) in [6.07, 6.45) is 3.84. The van der Waals surface area contributed by atoms with Crippen molar-refractivity contribution in [1.82, 2.24) is 25.2 Å². The third-order valence-corrected chi connectivity index (χ3v) is 4.68.